The Morgan fingerprint density at radius 2 is 2.15 bits per heavy atom. The molecule has 0 bridgehead atoms. The Bertz CT molecular complexity index is 177. The monoisotopic (exact) mass is 186 g/mol. The zero-order valence-corrected chi connectivity index (χ0v) is 8.58. The summed E-state index contributed by atoms with van der Waals surface area (Å²) in [5.41, 5.74) is 0. The lowest BCUT2D eigenvalue weighted by atomic mass is 10.1. The minimum absolute atomic E-state index is 0.187. The van der Waals surface area contributed by atoms with E-state index in [1.165, 1.54) is 0 Å². The third-order valence-corrected chi connectivity index (χ3v) is 2.04. The molecule has 13 heavy (non-hydrogen) atoms. The minimum Gasteiger partial charge on any atom is -0.434 e. The number of carbonyl (C=O) groups is 1. The first kappa shape index (κ1) is 10.5. The number of rotatable bonds is 4. The van der Waals surface area contributed by atoms with Crippen molar-refractivity contribution in [2.24, 2.45) is 5.92 Å². The summed E-state index contributed by atoms with van der Waals surface area (Å²) in [5.74, 6) is 0.311. The van der Waals surface area contributed by atoms with Gasteiger partial charge in [0.05, 0.1) is 0 Å². The maximum Gasteiger partial charge on any atom is 0.337 e. The van der Waals surface area contributed by atoms with Crippen molar-refractivity contribution in [1.29, 1.82) is 0 Å². The minimum atomic E-state index is -0.311. The van der Waals surface area contributed by atoms with E-state index >= 15 is 0 Å². The second-order valence-corrected chi connectivity index (χ2v) is 3.91. The van der Waals surface area contributed by atoms with Crippen LogP contribution in [0, 0.1) is 5.92 Å². The Hall–Kier alpha value is -0.570. The second-order valence-electron chi connectivity index (χ2n) is 3.91. The van der Waals surface area contributed by atoms with Gasteiger partial charge in [0, 0.05) is 6.42 Å². The van der Waals surface area contributed by atoms with E-state index in [1.807, 2.05) is 6.92 Å². The molecule has 2 unspecified atom stereocenters. The van der Waals surface area contributed by atoms with Crippen molar-refractivity contribution >= 4 is 5.97 Å². The molecule has 1 aliphatic heterocycles. The predicted octanol–water partition coefficient (Wildman–Crippen LogP) is 2.10. The number of esters is 1. The quantitative estimate of drug-likeness (QED) is 0.631. The lowest BCUT2D eigenvalue weighted by molar-refractivity contribution is -0.144. The summed E-state index contributed by atoms with van der Waals surface area (Å²) in [6.45, 7) is 6.21. The molecule has 0 amide bonds. The summed E-state index contributed by atoms with van der Waals surface area (Å²) in [6, 6.07) is 0. The van der Waals surface area contributed by atoms with Gasteiger partial charge in [-0.3, -0.25) is 0 Å². The van der Waals surface area contributed by atoms with E-state index in [2.05, 4.69) is 13.8 Å². The molecule has 0 aromatic rings. The Morgan fingerprint density at radius 1 is 1.46 bits per heavy atom. The Labute approximate surface area is 79.4 Å². The van der Waals surface area contributed by atoms with Gasteiger partial charge in [0.2, 0.25) is 6.29 Å². The molecule has 0 aromatic heterocycles. The second kappa shape index (κ2) is 4.61. The molecule has 0 spiro atoms. The van der Waals surface area contributed by atoms with Gasteiger partial charge in [-0.1, -0.05) is 27.2 Å². The van der Waals surface area contributed by atoms with Crippen molar-refractivity contribution < 1.29 is 14.3 Å². The highest BCUT2D eigenvalue weighted by atomic mass is 16.7. The third kappa shape index (κ3) is 2.99. The summed E-state index contributed by atoms with van der Waals surface area (Å²) in [4.78, 5) is 11.2. The average Bonchev–Trinajstić information content (AvgIpc) is 2.31. The van der Waals surface area contributed by atoms with Gasteiger partial charge in [-0.15, -0.1) is 0 Å². The van der Waals surface area contributed by atoms with Crippen LogP contribution in [0.1, 0.15) is 40.0 Å². The first-order chi connectivity index (χ1) is 6.13. The molecule has 0 radical (unpaired) electrons. The maximum absolute atomic E-state index is 11.2. The van der Waals surface area contributed by atoms with Crippen LogP contribution in [0.15, 0.2) is 0 Å². The molecule has 0 saturated carbocycles. The zero-order valence-electron chi connectivity index (χ0n) is 8.58. The van der Waals surface area contributed by atoms with Crippen molar-refractivity contribution in [2.45, 2.75) is 52.4 Å². The Balaban J connectivity index is 2.36. The standard InChI is InChI=1S/C10H18O3/c1-4-5-8-10(11)13-9(12-8)6-7(2)3/h7-9H,4-6H2,1-3H3. The number of hydrogen-bond acceptors (Lipinski definition) is 3. The molecule has 1 fully saturated rings. The van der Waals surface area contributed by atoms with Gasteiger partial charge in [-0.25, -0.2) is 4.79 Å². The summed E-state index contributed by atoms with van der Waals surface area (Å²) in [6.07, 6.45) is 1.91. The average molecular weight is 186 g/mol. The summed E-state index contributed by atoms with van der Waals surface area (Å²) in [5, 5.41) is 0. The molecule has 1 aliphatic rings. The molecule has 1 rings (SSSR count). The smallest absolute Gasteiger partial charge is 0.337 e. The van der Waals surface area contributed by atoms with E-state index in [0.717, 1.165) is 19.3 Å². The molecule has 3 heteroatoms. The van der Waals surface area contributed by atoms with Crippen LogP contribution in [0.4, 0.5) is 0 Å². The van der Waals surface area contributed by atoms with Crippen molar-refractivity contribution in [2.75, 3.05) is 0 Å². The van der Waals surface area contributed by atoms with Gasteiger partial charge >= 0.3 is 5.97 Å². The van der Waals surface area contributed by atoms with Crippen LogP contribution in [0.5, 0.6) is 0 Å². The van der Waals surface area contributed by atoms with Crippen LogP contribution < -0.4 is 0 Å². The van der Waals surface area contributed by atoms with Crippen molar-refractivity contribution in [3.05, 3.63) is 0 Å². The molecule has 1 saturated heterocycles. The molecular formula is C10H18O3. The van der Waals surface area contributed by atoms with Crippen LogP contribution in [0.3, 0.4) is 0 Å². The van der Waals surface area contributed by atoms with E-state index in [1.54, 1.807) is 0 Å². The van der Waals surface area contributed by atoms with E-state index in [0.29, 0.717) is 5.92 Å². The van der Waals surface area contributed by atoms with Gasteiger partial charge in [-0.05, 0) is 12.3 Å². The van der Waals surface area contributed by atoms with E-state index in [-0.39, 0.29) is 18.4 Å². The summed E-state index contributed by atoms with van der Waals surface area (Å²) >= 11 is 0. The lowest BCUT2D eigenvalue weighted by Gasteiger charge is -2.10. The highest BCUT2D eigenvalue weighted by molar-refractivity contribution is 5.76. The molecule has 2 atom stereocenters. The van der Waals surface area contributed by atoms with E-state index in [4.69, 9.17) is 9.47 Å². The number of carbonyl (C=O) groups excluding carboxylic acids is 1. The summed E-state index contributed by atoms with van der Waals surface area (Å²) in [7, 11) is 0. The van der Waals surface area contributed by atoms with Gasteiger partial charge in [0.1, 0.15) is 0 Å². The highest BCUT2D eigenvalue weighted by Gasteiger charge is 2.34. The molecule has 0 aliphatic carbocycles. The molecule has 0 N–H and O–H groups in total. The predicted molar refractivity (Wildman–Crippen MR) is 49.1 cm³/mol. The fraction of sp³-hybridized carbons (Fsp3) is 0.900. The fourth-order valence-electron chi connectivity index (χ4n) is 1.41. The van der Waals surface area contributed by atoms with E-state index < -0.39 is 0 Å². The largest absolute Gasteiger partial charge is 0.434 e. The van der Waals surface area contributed by atoms with Crippen LogP contribution in [0.2, 0.25) is 0 Å². The number of ether oxygens (including phenoxy) is 2. The van der Waals surface area contributed by atoms with Crippen LogP contribution in [-0.2, 0) is 14.3 Å². The highest BCUT2D eigenvalue weighted by Crippen LogP contribution is 2.22. The van der Waals surface area contributed by atoms with Gasteiger partial charge in [0.25, 0.3) is 0 Å². The number of hydrogen-bond donors (Lipinski definition) is 0. The zero-order chi connectivity index (χ0) is 9.84. The molecule has 3 nitrogen and oxygen atoms in total. The summed E-state index contributed by atoms with van der Waals surface area (Å²) < 4.78 is 10.5. The van der Waals surface area contributed by atoms with Crippen molar-refractivity contribution in [1.82, 2.24) is 0 Å². The number of cyclic esters (lactones) is 1. The van der Waals surface area contributed by atoms with Gasteiger partial charge in [-0.2, -0.15) is 0 Å². The molecule has 0 aromatic carbocycles. The van der Waals surface area contributed by atoms with Crippen molar-refractivity contribution in [3.8, 4) is 0 Å². The SMILES string of the molecule is CCCC1OC(CC(C)C)OC1=O. The van der Waals surface area contributed by atoms with E-state index in [9.17, 15) is 4.79 Å². The van der Waals surface area contributed by atoms with Gasteiger partial charge in [0.15, 0.2) is 6.10 Å². The fourth-order valence-corrected chi connectivity index (χ4v) is 1.41. The first-order valence-electron chi connectivity index (χ1n) is 4.99. The maximum atomic E-state index is 11.2. The Morgan fingerprint density at radius 3 is 2.69 bits per heavy atom. The van der Waals surface area contributed by atoms with Gasteiger partial charge < -0.3 is 9.47 Å². The Kier molecular flexibility index (Phi) is 3.72. The van der Waals surface area contributed by atoms with Crippen LogP contribution >= 0.6 is 0 Å². The third-order valence-electron chi connectivity index (χ3n) is 2.04. The van der Waals surface area contributed by atoms with Crippen molar-refractivity contribution in [3.63, 3.8) is 0 Å². The molecule has 76 valence electrons. The molecule has 1 heterocycles. The lowest BCUT2D eigenvalue weighted by Crippen LogP contribution is -2.15. The topological polar surface area (TPSA) is 35.5 Å². The first-order valence-corrected chi connectivity index (χ1v) is 4.99. The van der Waals surface area contributed by atoms with Crippen LogP contribution in [0.25, 0.3) is 0 Å². The van der Waals surface area contributed by atoms with Crippen LogP contribution in [-0.4, -0.2) is 18.4 Å². The normalized spacial score (nSPS) is 28.2. The molecular weight excluding hydrogens is 168 g/mol.